The van der Waals surface area contributed by atoms with Gasteiger partial charge in [0.1, 0.15) is 0 Å². The fourth-order valence-corrected chi connectivity index (χ4v) is 2.50. The first-order valence-electron chi connectivity index (χ1n) is 6.98. The zero-order valence-corrected chi connectivity index (χ0v) is 12.0. The molecule has 0 saturated carbocycles. The topological polar surface area (TPSA) is 92.5 Å². The summed E-state index contributed by atoms with van der Waals surface area (Å²) in [6.07, 6.45) is 1.97. The van der Waals surface area contributed by atoms with E-state index in [1.165, 1.54) is 6.07 Å². The van der Waals surface area contributed by atoms with Crippen molar-refractivity contribution in [2.75, 3.05) is 18.4 Å². The monoisotopic (exact) mass is 289 g/mol. The van der Waals surface area contributed by atoms with Crippen LogP contribution in [-0.2, 0) is 9.59 Å². The normalized spacial score (nSPS) is 18.1. The summed E-state index contributed by atoms with van der Waals surface area (Å²) in [5.74, 6) is -1.56. The van der Waals surface area contributed by atoms with E-state index in [1.54, 1.807) is 23.1 Å². The van der Waals surface area contributed by atoms with Gasteiger partial charge in [-0.25, -0.2) is 0 Å². The molecule has 1 heterocycles. The fraction of sp³-hybridized carbons (Fsp3) is 0.400. The number of anilines is 1. The molecule has 2 rings (SSSR count). The number of nitrogens with two attached hydrogens (primary N) is 1. The molecule has 1 unspecified atom stereocenters. The van der Waals surface area contributed by atoms with Crippen LogP contribution in [0, 0.1) is 5.92 Å². The van der Waals surface area contributed by atoms with Gasteiger partial charge >= 0.3 is 11.8 Å². The summed E-state index contributed by atoms with van der Waals surface area (Å²) in [6, 6.07) is 6.36. The molecular formula is C15H19N3O3. The Morgan fingerprint density at radius 3 is 2.67 bits per heavy atom. The first-order chi connectivity index (χ1) is 9.99. The summed E-state index contributed by atoms with van der Waals surface area (Å²) in [4.78, 5) is 37.0. The lowest BCUT2D eigenvalue weighted by molar-refractivity contribution is -0.144. The molecule has 1 aliphatic rings. The molecule has 0 bridgehead atoms. The van der Waals surface area contributed by atoms with E-state index in [0.29, 0.717) is 19.0 Å². The summed E-state index contributed by atoms with van der Waals surface area (Å²) in [6.45, 7) is 3.23. The third-order valence-corrected chi connectivity index (χ3v) is 3.58. The van der Waals surface area contributed by atoms with Gasteiger partial charge in [-0.15, -0.1) is 0 Å². The van der Waals surface area contributed by atoms with E-state index < -0.39 is 17.7 Å². The first kappa shape index (κ1) is 15.0. The predicted octanol–water partition coefficient (Wildman–Crippen LogP) is 0.983. The number of nitrogens with one attached hydrogen (secondary N) is 1. The van der Waals surface area contributed by atoms with Gasteiger partial charge < -0.3 is 16.0 Å². The quantitative estimate of drug-likeness (QED) is 0.795. The van der Waals surface area contributed by atoms with Gasteiger partial charge in [0.05, 0.1) is 11.3 Å². The number of rotatable bonds is 2. The average molecular weight is 289 g/mol. The van der Waals surface area contributed by atoms with Gasteiger partial charge in [0, 0.05) is 13.1 Å². The first-order valence-corrected chi connectivity index (χ1v) is 6.98. The van der Waals surface area contributed by atoms with E-state index in [9.17, 15) is 14.4 Å². The zero-order chi connectivity index (χ0) is 15.4. The van der Waals surface area contributed by atoms with Crippen molar-refractivity contribution in [2.24, 2.45) is 11.7 Å². The Hall–Kier alpha value is -2.37. The Labute approximate surface area is 123 Å². The summed E-state index contributed by atoms with van der Waals surface area (Å²) in [7, 11) is 0. The van der Waals surface area contributed by atoms with Gasteiger partial charge in [-0.3, -0.25) is 14.4 Å². The van der Waals surface area contributed by atoms with Crippen molar-refractivity contribution in [1.82, 2.24) is 4.90 Å². The maximum atomic E-state index is 12.1. The van der Waals surface area contributed by atoms with Crippen molar-refractivity contribution < 1.29 is 14.4 Å². The highest BCUT2D eigenvalue weighted by atomic mass is 16.2. The second kappa shape index (κ2) is 6.39. The van der Waals surface area contributed by atoms with Crippen molar-refractivity contribution in [3.05, 3.63) is 29.8 Å². The van der Waals surface area contributed by atoms with Crippen molar-refractivity contribution in [3.8, 4) is 0 Å². The molecule has 6 nitrogen and oxygen atoms in total. The van der Waals surface area contributed by atoms with Crippen LogP contribution in [0.4, 0.5) is 5.69 Å². The van der Waals surface area contributed by atoms with E-state index in [1.807, 2.05) is 0 Å². The average Bonchev–Trinajstić information content (AvgIpc) is 2.46. The lowest BCUT2D eigenvalue weighted by Crippen LogP contribution is -2.44. The SMILES string of the molecule is CC1CCCN(C(=O)C(=O)Nc2ccccc2C(N)=O)C1. The smallest absolute Gasteiger partial charge is 0.313 e. The third-order valence-electron chi connectivity index (χ3n) is 3.58. The Bertz CT molecular complexity index is 571. The number of primary amides is 1. The number of nitrogens with zero attached hydrogens (tertiary/aromatic N) is 1. The maximum absolute atomic E-state index is 12.1. The van der Waals surface area contributed by atoms with Crippen molar-refractivity contribution in [1.29, 1.82) is 0 Å². The fourth-order valence-electron chi connectivity index (χ4n) is 2.50. The highest BCUT2D eigenvalue weighted by molar-refractivity contribution is 6.39. The zero-order valence-electron chi connectivity index (χ0n) is 12.0. The summed E-state index contributed by atoms with van der Waals surface area (Å²) >= 11 is 0. The molecule has 1 fully saturated rings. The van der Waals surface area contributed by atoms with Crippen molar-refractivity contribution in [3.63, 3.8) is 0 Å². The van der Waals surface area contributed by atoms with Crippen LogP contribution in [0.2, 0.25) is 0 Å². The van der Waals surface area contributed by atoms with Crippen LogP contribution in [0.1, 0.15) is 30.1 Å². The van der Waals surface area contributed by atoms with Crippen LogP contribution in [0.3, 0.4) is 0 Å². The molecule has 1 saturated heterocycles. The van der Waals surface area contributed by atoms with Gasteiger partial charge in [-0.1, -0.05) is 19.1 Å². The van der Waals surface area contributed by atoms with Crippen LogP contribution in [0.15, 0.2) is 24.3 Å². The molecular weight excluding hydrogens is 270 g/mol. The van der Waals surface area contributed by atoms with E-state index in [-0.39, 0.29) is 11.3 Å². The molecule has 0 spiro atoms. The van der Waals surface area contributed by atoms with Crippen molar-refractivity contribution in [2.45, 2.75) is 19.8 Å². The van der Waals surface area contributed by atoms with E-state index >= 15 is 0 Å². The minimum atomic E-state index is -0.738. The van der Waals surface area contributed by atoms with Gasteiger partial charge in [-0.05, 0) is 30.9 Å². The molecule has 6 heteroatoms. The molecule has 3 N–H and O–H groups in total. The number of amides is 3. The minimum Gasteiger partial charge on any atom is -0.366 e. The van der Waals surface area contributed by atoms with Crippen molar-refractivity contribution >= 4 is 23.4 Å². The molecule has 0 aliphatic carbocycles. The number of hydrogen-bond donors (Lipinski definition) is 2. The number of likely N-dealkylation sites (tertiary alicyclic amines) is 1. The number of carbonyl (C=O) groups excluding carboxylic acids is 3. The van der Waals surface area contributed by atoms with Crippen LogP contribution < -0.4 is 11.1 Å². The molecule has 0 aromatic heterocycles. The van der Waals surface area contributed by atoms with Crippen LogP contribution in [0.5, 0.6) is 0 Å². The van der Waals surface area contributed by atoms with Gasteiger partial charge in [-0.2, -0.15) is 0 Å². The third kappa shape index (κ3) is 3.59. The maximum Gasteiger partial charge on any atom is 0.313 e. The van der Waals surface area contributed by atoms with Gasteiger partial charge in [0.25, 0.3) is 5.91 Å². The highest BCUT2D eigenvalue weighted by Crippen LogP contribution is 2.17. The second-order valence-corrected chi connectivity index (χ2v) is 5.36. The molecule has 0 radical (unpaired) electrons. The number of hydrogen-bond acceptors (Lipinski definition) is 3. The van der Waals surface area contributed by atoms with Gasteiger partial charge in [0.2, 0.25) is 0 Å². The minimum absolute atomic E-state index is 0.186. The molecule has 1 atom stereocenters. The number of carbonyl (C=O) groups is 3. The summed E-state index contributed by atoms with van der Waals surface area (Å²) < 4.78 is 0. The van der Waals surface area contributed by atoms with E-state index in [2.05, 4.69) is 12.2 Å². The lowest BCUT2D eigenvalue weighted by Gasteiger charge is -2.30. The van der Waals surface area contributed by atoms with Crippen LogP contribution in [-0.4, -0.2) is 35.7 Å². The summed E-state index contributed by atoms with van der Waals surface area (Å²) in [5.41, 5.74) is 5.69. The van der Waals surface area contributed by atoms with Gasteiger partial charge in [0.15, 0.2) is 0 Å². The standard InChI is InChI=1S/C15H19N3O3/c1-10-5-4-8-18(9-10)15(21)14(20)17-12-7-3-2-6-11(12)13(16)19/h2-3,6-7,10H,4-5,8-9H2,1H3,(H2,16,19)(H,17,20). The molecule has 3 amide bonds. The number of benzene rings is 1. The van der Waals surface area contributed by atoms with Crippen LogP contribution >= 0.6 is 0 Å². The highest BCUT2D eigenvalue weighted by Gasteiger charge is 2.26. The predicted molar refractivity (Wildman–Crippen MR) is 78.6 cm³/mol. The summed E-state index contributed by atoms with van der Waals surface area (Å²) in [5, 5.41) is 2.47. The Balaban J connectivity index is 2.07. The number of piperidine rings is 1. The van der Waals surface area contributed by atoms with E-state index in [0.717, 1.165) is 12.8 Å². The molecule has 1 aliphatic heterocycles. The Morgan fingerprint density at radius 1 is 1.29 bits per heavy atom. The lowest BCUT2D eigenvalue weighted by atomic mass is 10.0. The Morgan fingerprint density at radius 2 is 2.00 bits per heavy atom. The Kier molecular flexibility index (Phi) is 4.57. The van der Waals surface area contributed by atoms with Crippen LogP contribution in [0.25, 0.3) is 0 Å². The molecule has 1 aromatic carbocycles. The van der Waals surface area contributed by atoms with E-state index in [4.69, 9.17) is 5.73 Å². The number of para-hydroxylation sites is 1. The second-order valence-electron chi connectivity index (χ2n) is 5.36. The molecule has 21 heavy (non-hydrogen) atoms. The molecule has 112 valence electrons. The largest absolute Gasteiger partial charge is 0.366 e. The molecule has 1 aromatic rings.